The Hall–Kier alpha value is -2.62. The topological polar surface area (TPSA) is 24.1 Å². The number of rotatable bonds is 3. The van der Waals surface area contributed by atoms with E-state index in [0.29, 0.717) is 0 Å². The van der Waals surface area contributed by atoms with Crippen molar-refractivity contribution < 1.29 is 0 Å². The molecule has 0 spiro atoms. The molecule has 0 aliphatic carbocycles. The lowest BCUT2D eigenvalue weighted by Gasteiger charge is -2.20. The molecule has 0 saturated heterocycles. The summed E-state index contributed by atoms with van der Waals surface area (Å²) in [5.74, 6) is 0. The number of hydrogen-bond acceptors (Lipinski definition) is 2. The Balaban J connectivity index is 1.42. The Bertz CT molecular complexity index is 1290. The lowest BCUT2D eigenvalue weighted by molar-refractivity contribution is 0.644. The number of fused-ring (bicyclic) bond motifs is 2. The van der Waals surface area contributed by atoms with Gasteiger partial charge in [0, 0.05) is 35.3 Å². The molecule has 4 aromatic rings. The molecule has 0 saturated carbocycles. The molecule has 6 rings (SSSR count). The van der Waals surface area contributed by atoms with Crippen LogP contribution in [0.15, 0.2) is 72.8 Å². The van der Waals surface area contributed by atoms with Crippen molar-refractivity contribution in [1.82, 2.24) is 10.6 Å². The van der Waals surface area contributed by atoms with E-state index in [1.807, 2.05) is 0 Å². The molecule has 0 radical (unpaired) electrons. The summed E-state index contributed by atoms with van der Waals surface area (Å²) in [6, 6.07) is 25.9. The molecule has 0 amide bonds. The SMILES string of the molecule is Clc1c(-c2ccc3c(c2)CNCC3)cccc1-c1cccc(-c2ccc3c(c2)CNCC3)c1Cl. The monoisotopic (exact) mass is 484 g/mol. The van der Waals surface area contributed by atoms with Crippen molar-refractivity contribution in [2.24, 2.45) is 0 Å². The predicted octanol–water partition coefficient (Wildman–Crippen LogP) is 7.29. The van der Waals surface area contributed by atoms with Crippen LogP contribution in [0.25, 0.3) is 33.4 Å². The number of benzene rings is 4. The minimum Gasteiger partial charge on any atom is -0.312 e. The summed E-state index contributed by atoms with van der Waals surface area (Å²) in [5.41, 5.74) is 11.8. The first-order valence-corrected chi connectivity index (χ1v) is 12.7. The zero-order valence-corrected chi connectivity index (χ0v) is 20.4. The zero-order chi connectivity index (χ0) is 23.1. The van der Waals surface area contributed by atoms with Crippen molar-refractivity contribution in [2.75, 3.05) is 13.1 Å². The fraction of sp³-hybridized carbons (Fsp3) is 0.200. The highest BCUT2D eigenvalue weighted by Gasteiger charge is 2.18. The molecule has 0 unspecified atom stereocenters. The third kappa shape index (κ3) is 3.95. The van der Waals surface area contributed by atoms with E-state index in [4.69, 9.17) is 23.2 Å². The van der Waals surface area contributed by atoms with Crippen LogP contribution in [0.2, 0.25) is 10.0 Å². The van der Waals surface area contributed by atoms with Crippen LogP contribution in [0.1, 0.15) is 22.3 Å². The van der Waals surface area contributed by atoms with Crippen molar-refractivity contribution >= 4 is 23.2 Å². The highest BCUT2D eigenvalue weighted by molar-refractivity contribution is 6.39. The molecule has 2 nitrogen and oxygen atoms in total. The minimum atomic E-state index is 0.736. The van der Waals surface area contributed by atoms with Crippen LogP contribution in [-0.4, -0.2) is 13.1 Å². The summed E-state index contributed by atoms with van der Waals surface area (Å²) in [4.78, 5) is 0. The Morgan fingerprint density at radius 2 is 0.941 bits per heavy atom. The van der Waals surface area contributed by atoms with Gasteiger partial charge in [0.05, 0.1) is 10.0 Å². The first kappa shape index (κ1) is 21.9. The largest absolute Gasteiger partial charge is 0.312 e. The summed E-state index contributed by atoms with van der Waals surface area (Å²) in [7, 11) is 0. The molecule has 34 heavy (non-hydrogen) atoms. The zero-order valence-electron chi connectivity index (χ0n) is 18.9. The molecule has 4 aromatic carbocycles. The molecule has 170 valence electrons. The van der Waals surface area contributed by atoms with Crippen molar-refractivity contribution in [2.45, 2.75) is 25.9 Å². The standard InChI is InChI=1S/C30H26Cl2N2/c31-29-25(21-9-7-19-11-13-33-17-23(19)15-21)3-1-5-27(29)28-6-2-4-26(30(28)32)22-10-8-20-12-14-34-18-24(20)16-22/h1-10,15-16,33-34H,11-14,17-18H2. The quantitative estimate of drug-likeness (QED) is 0.319. The van der Waals surface area contributed by atoms with Crippen LogP contribution < -0.4 is 10.6 Å². The Morgan fingerprint density at radius 1 is 0.500 bits per heavy atom. The van der Waals surface area contributed by atoms with E-state index in [1.54, 1.807) is 0 Å². The lowest BCUT2D eigenvalue weighted by Crippen LogP contribution is -2.23. The molecule has 0 atom stereocenters. The molecule has 2 aliphatic heterocycles. The third-order valence-corrected chi connectivity index (χ3v) is 7.91. The average Bonchev–Trinajstić information content (AvgIpc) is 2.89. The van der Waals surface area contributed by atoms with Crippen molar-refractivity contribution in [3.63, 3.8) is 0 Å². The van der Waals surface area contributed by atoms with E-state index in [0.717, 1.165) is 82.4 Å². The van der Waals surface area contributed by atoms with E-state index >= 15 is 0 Å². The Kier molecular flexibility index (Phi) is 5.92. The number of hydrogen-bond donors (Lipinski definition) is 2. The molecule has 2 aliphatic rings. The van der Waals surface area contributed by atoms with Crippen molar-refractivity contribution in [3.8, 4) is 33.4 Å². The van der Waals surface area contributed by atoms with Gasteiger partial charge in [-0.15, -0.1) is 0 Å². The summed E-state index contributed by atoms with van der Waals surface area (Å²) >= 11 is 14.1. The van der Waals surface area contributed by atoms with E-state index < -0.39 is 0 Å². The maximum atomic E-state index is 7.04. The minimum absolute atomic E-state index is 0.736. The lowest BCUT2D eigenvalue weighted by atomic mass is 9.92. The van der Waals surface area contributed by atoms with Gasteiger partial charge < -0.3 is 10.6 Å². The fourth-order valence-electron chi connectivity index (χ4n) is 5.22. The van der Waals surface area contributed by atoms with Crippen LogP contribution in [0.4, 0.5) is 0 Å². The van der Waals surface area contributed by atoms with Crippen LogP contribution in [0.5, 0.6) is 0 Å². The molecular formula is C30H26Cl2N2. The second-order valence-corrected chi connectivity index (χ2v) is 9.91. The third-order valence-electron chi connectivity index (χ3n) is 7.10. The number of nitrogens with one attached hydrogen (secondary N) is 2. The fourth-order valence-corrected chi connectivity index (χ4v) is 5.90. The Labute approximate surface area is 210 Å². The van der Waals surface area contributed by atoms with Gasteiger partial charge in [-0.2, -0.15) is 0 Å². The van der Waals surface area contributed by atoms with Crippen molar-refractivity contribution in [3.05, 3.63) is 105 Å². The van der Waals surface area contributed by atoms with E-state index in [2.05, 4.69) is 83.4 Å². The predicted molar refractivity (Wildman–Crippen MR) is 144 cm³/mol. The van der Waals surface area contributed by atoms with Gasteiger partial charge in [-0.05, 0) is 71.4 Å². The summed E-state index contributed by atoms with van der Waals surface area (Å²) < 4.78 is 0. The molecule has 0 aromatic heterocycles. The summed E-state index contributed by atoms with van der Waals surface area (Å²) in [6.07, 6.45) is 2.15. The summed E-state index contributed by atoms with van der Waals surface area (Å²) in [6.45, 7) is 3.89. The molecule has 0 bridgehead atoms. The number of halogens is 2. The molecule has 4 heteroatoms. The van der Waals surface area contributed by atoms with Crippen LogP contribution >= 0.6 is 23.2 Å². The molecule has 2 heterocycles. The smallest absolute Gasteiger partial charge is 0.0563 e. The van der Waals surface area contributed by atoms with E-state index in [9.17, 15) is 0 Å². The van der Waals surface area contributed by atoms with Gasteiger partial charge in [0.25, 0.3) is 0 Å². The molecule has 0 fully saturated rings. The maximum Gasteiger partial charge on any atom is 0.0563 e. The first-order chi connectivity index (χ1) is 16.7. The summed E-state index contributed by atoms with van der Waals surface area (Å²) in [5, 5.41) is 8.40. The highest BCUT2D eigenvalue weighted by atomic mass is 35.5. The Morgan fingerprint density at radius 3 is 1.41 bits per heavy atom. The normalized spacial score (nSPS) is 15.0. The van der Waals surface area contributed by atoms with Crippen LogP contribution in [-0.2, 0) is 25.9 Å². The van der Waals surface area contributed by atoms with E-state index in [1.165, 1.54) is 22.3 Å². The first-order valence-electron chi connectivity index (χ1n) is 11.9. The van der Waals surface area contributed by atoms with Crippen LogP contribution in [0, 0.1) is 0 Å². The van der Waals surface area contributed by atoms with Gasteiger partial charge in [0.1, 0.15) is 0 Å². The average molecular weight is 485 g/mol. The molecule has 2 N–H and O–H groups in total. The second-order valence-electron chi connectivity index (χ2n) is 9.15. The van der Waals surface area contributed by atoms with Gasteiger partial charge in [0.15, 0.2) is 0 Å². The molecular weight excluding hydrogens is 459 g/mol. The van der Waals surface area contributed by atoms with Crippen LogP contribution in [0.3, 0.4) is 0 Å². The highest BCUT2D eigenvalue weighted by Crippen LogP contribution is 2.43. The maximum absolute atomic E-state index is 7.04. The van der Waals surface area contributed by atoms with Gasteiger partial charge in [-0.25, -0.2) is 0 Å². The van der Waals surface area contributed by atoms with Gasteiger partial charge in [-0.1, -0.05) is 83.9 Å². The second kappa shape index (κ2) is 9.20. The van der Waals surface area contributed by atoms with Gasteiger partial charge in [0.2, 0.25) is 0 Å². The van der Waals surface area contributed by atoms with E-state index in [-0.39, 0.29) is 0 Å². The van der Waals surface area contributed by atoms with Gasteiger partial charge in [-0.3, -0.25) is 0 Å². The van der Waals surface area contributed by atoms with Crippen molar-refractivity contribution in [1.29, 1.82) is 0 Å². The van der Waals surface area contributed by atoms with Gasteiger partial charge >= 0.3 is 0 Å².